The molecule has 0 unspecified atom stereocenters. The number of hydrogen-bond acceptors (Lipinski definition) is 6. The van der Waals surface area contributed by atoms with E-state index in [2.05, 4.69) is 9.97 Å². The number of aromatic nitrogens is 2. The SMILES string of the molecule is CC(C)c1ccc(N(C)c2nc(N(C)c3ccc([N+](=O)[O-])cc3)ncc2C(F)(F)F)cc1. The summed E-state index contributed by atoms with van der Waals surface area (Å²) in [6.45, 7) is 4.07. The molecule has 0 saturated heterocycles. The Morgan fingerprint density at radius 2 is 1.47 bits per heavy atom. The quantitative estimate of drug-likeness (QED) is 0.339. The molecule has 0 amide bonds. The van der Waals surface area contributed by atoms with Gasteiger partial charge in [0.05, 0.1) is 4.92 Å². The molecule has 0 fully saturated rings. The van der Waals surface area contributed by atoms with Crippen LogP contribution in [-0.2, 0) is 6.18 Å². The van der Waals surface area contributed by atoms with Gasteiger partial charge < -0.3 is 9.80 Å². The van der Waals surface area contributed by atoms with E-state index in [1.807, 2.05) is 26.0 Å². The minimum atomic E-state index is -4.65. The van der Waals surface area contributed by atoms with Crippen molar-refractivity contribution in [2.24, 2.45) is 0 Å². The summed E-state index contributed by atoms with van der Waals surface area (Å²) < 4.78 is 41.1. The van der Waals surface area contributed by atoms with Gasteiger partial charge in [-0.15, -0.1) is 0 Å². The highest BCUT2D eigenvalue weighted by Crippen LogP contribution is 2.38. The van der Waals surface area contributed by atoms with E-state index in [-0.39, 0.29) is 17.5 Å². The Morgan fingerprint density at radius 3 is 1.97 bits per heavy atom. The first kappa shape index (κ1) is 23.0. The maximum absolute atomic E-state index is 13.7. The van der Waals surface area contributed by atoms with Crippen molar-refractivity contribution >= 4 is 28.8 Å². The summed E-state index contributed by atoms with van der Waals surface area (Å²) >= 11 is 0. The fourth-order valence-electron chi connectivity index (χ4n) is 3.10. The van der Waals surface area contributed by atoms with Crippen LogP contribution in [0.15, 0.2) is 54.7 Å². The monoisotopic (exact) mass is 445 g/mol. The maximum Gasteiger partial charge on any atom is 0.421 e. The molecule has 2 aromatic carbocycles. The zero-order chi connectivity index (χ0) is 23.6. The van der Waals surface area contributed by atoms with Crippen LogP contribution in [0.5, 0.6) is 0 Å². The van der Waals surface area contributed by atoms with Gasteiger partial charge in [0.2, 0.25) is 5.95 Å². The number of nitro benzene ring substituents is 1. The molecule has 0 atom stereocenters. The van der Waals surface area contributed by atoms with Crippen molar-refractivity contribution in [1.29, 1.82) is 0 Å². The Morgan fingerprint density at radius 1 is 0.938 bits per heavy atom. The zero-order valence-electron chi connectivity index (χ0n) is 18.0. The van der Waals surface area contributed by atoms with E-state index >= 15 is 0 Å². The van der Waals surface area contributed by atoms with E-state index < -0.39 is 16.7 Å². The summed E-state index contributed by atoms with van der Waals surface area (Å²) in [7, 11) is 3.09. The van der Waals surface area contributed by atoms with Crippen molar-refractivity contribution < 1.29 is 18.1 Å². The van der Waals surface area contributed by atoms with Crippen LogP contribution in [0, 0.1) is 10.1 Å². The average Bonchev–Trinajstić information content (AvgIpc) is 2.77. The largest absolute Gasteiger partial charge is 0.421 e. The summed E-state index contributed by atoms with van der Waals surface area (Å²) in [6, 6.07) is 12.8. The molecule has 0 radical (unpaired) electrons. The van der Waals surface area contributed by atoms with Gasteiger partial charge in [-0.05, 0) is 35.7 Å². The Kier molecular flexibility index (Phi) is 6.33. The fraction of sp³-hybridized carbons (Fsp3) is 0.273. The molecule has 0 N–H and O–H groups in total. The van der Waals surface area contributed by atoms with Gasteiger partial charge >= 0.3 is 6.18 Å². The Labute approximate surface area is 183 Å². The lowest BCUT2D eigenvalue weighted by molar-refractivity contribution is -0.384. The predicted octanol–water partition coefficient (Wildman–Crippen LogP) is 6.06. The Balaban J connectivity index is 2.02. The third kappa shape index (κ3) is 4.79. The molecule has 168 valence electrons. The van der Waals surface area contributed by atoms with Crippen molar-refractivity contribution in [3.63, 3.8) is 0 Å². The van der Waals surface area contributed by atoms with Gasteiger partial charge in [0.1, 0.15) is 5.56 Å². The van der Waals surface area contributed by atoms with E-state index in [0.717, 1.165) is 11.8 Å². The molecule has 0 bridgehead atoms. The van der Waals surface area contributed by atoms with Crippen molar-refractivity contribution in [3.8, 4) is 0 Å². The number of nitrogens with zero attached hydrogens (tertiary/aromatic N) is 5. The van der Waals surface area contributed by atoms with Crippen LogP contribution in [-0.4, -0.2) is 29.0 Å². The van der Waals surface area contributed by atoms with Crippen molar-refractivity contribution in [3.05, 3.63) is 76.0 Å². The van der Waals surface area contributed by atoms with Crippen LogP contribution < -0.4 is 9.80 Å². The zero-order valence-corrected chi connectivity index (χ0v) is 18.0. The number of non-ortho nitro benzene ring substituents is 1. The van der Waals surface area contributed by atoms with Crippen LogP contribution in [0.2, 0.25) is 0 Å². The molecule has 1 heterocycles. The molecule has 0 aliphatic rings. The molecule has 3 aromatic rings. The van der Waals surface area contributed by atoms with E-state index in [1.54, 1.807) is 19.2 Å². The third-order valence-corrected chi connectivity index (χ3v) is 5.07. The molecule has 3 rings (SSSR count). The molecule has 0 aliphatic heterocycles. The van der Waals surface area contributed by atoms with E-state index in [4.69, 9.17) is 0 Å². The van der Waals surface area contributed by atoms with E-state index in [9.17, 15) is 23.3 Å². The number of nitro groups is 1. The molecule has 0 saturated carbocycles. The standard InChI is InChI=1S/C22H22F3N5O2/c1-14(2)15-5-7-16(8-6-15)28(3)20-19(22(23,24)25)13-26-21(27-20)29(4)17-9-11-18(12-10-17)30(31)32/h5-14H,1-4H3. The molecular formula is C22H22F3N5O2. The second kappa shape index (κ2) is 8.81. The number of benzene rings is 2. The first-order chi connectivity index (χ1) is 15.0. The van der Waals surface area contributed by atoms with Crippen LogP contribution in [0.4, 0.5) is 42.0 Å². The molecule has 0 spiro atoms. The summed E-state index contributed by atoms with van der Waals surface area (Å²) in [4.78, 5) is 21.2. The molecule has 1 aromatic heterocycles. The van der Waals surface area contributed by atoms with Crippen molar-refractivity contribution in [1.82, 2.24) is 9.97 Å². The van der Waals surface area contributed by atoms with Crippen LogP contribution in [0.1, 0.15) is 30.9 Å². The smallest absolute Gasteiger partial charge is 0.329 e. The molecular weight excluding hydrogens is 423 g/mol. The Bertz CT molecular complexity index is 1100. The summed E-state index contributed by atoms with van der Waals surface area (Å²) in [5.74, 6) is 0.0159. The second-order valence-electron chi connectivity index (χ2n) is 7.54. The highest BCUT2D eigenvalue weighted by Gasteiger charge is 2.37. The lowest BCUT2D eigenvalue weighted by atomic mass is 10.0. The molecule has 0 aliphatic carbocycles. The highest BCUT2D eigenvalue weighted by molar-refractivity contribution is 5.66. The van der Waals surface area contributed by atoms with Gasteiger partial charge in [0.15, 0.2) is 5.82 Å². The number of alkyl halides is 3. The number of hydrogen-bond donors (Lipinski definition) is 0. The summed E-state index contributed by atoms with van der Waals surface area (Å²) in [5, 5.41) is 10.9. The topological polar surface area (TPSA) is 75.4 Å². The van der Waals surface area contributed by atoms with Gasteiger partial charge in [-0.3, -0.25) is 10.1 Å². The number of halogens is 3. The first-order valence-electron chi connectivity index (χ1n) is 9.75. The van der Waals surface area contributed by atoms with Crippen LogP contribution >= 0.6 is 0 Å². The molecule has 10 heteroatoms. The van der Waals surface area contributed by atoms with Gasteiger partial charge in [-0.1, -0.05) is 26.0 Å². The highest BCUT2D eigenvalue weighted by atomic mass is 19.4. The lowest BCUT2D eigenvalue weighted by Gasteiger charge is -2.25. The van der Waals surface area contributed by atoms with Gasteiger partial charge in [0.25, 0.3) is 5.69 Å². The second-order valence-corrected chi connectivity index (χ2v) is 7.54. The normalized spacial score (nSPS) is 11.5. The minimum Gasteiger partial charge on any atom is -0.329 e. The number of rotatable bonds is 6. The van der Waals surface area contributed by atoms with Gasteiger partial charge in [-0.25, -0.2) is 4.98 Å². The van der Waals surface area contributed by atoms with Gasteiger partial charge in [0, 0.05) is 43.8 Å². The molecule has 7 nitrogen and oxygen atoms in total. The van der Waals surface area contributed by atoms with Crippen molar-refractivity contribution in [2.75, 3.05) is 23.9 Å². The first-order valence-corrected chi connectivity index (χ1v) is 9.75. The third-order valence-electron chi connectivity index (χ3n) is 5.07. The fourth-order valence-corrected chi connectivity index (χ4v) is 3.10. The maximum atomic E-state index is 13.7. The lowest BCUT2D eigenvalue weighted by Crippen LogP contribution is -2.21. The van der Waals surface area contributed by atoms with Crippen molar-refractivity contribution in [2.45, 2.75) is 25.9 Å². The summed E-state index contributed by atoms with van der Waals surface area (Å²) in [5.41, 5.74) is 1.04. The summed E-state index contributed by atoms with van der Waals surface area (Å²) in [6.07, 6.45) is -3.90. The minimum absolute atomic E-state index is 0.0208. The van der Waals surface area contributed by atoms with Crippen LogP contribution in [0.3, 0.4) is 0 Å². The van der Waals surface area contributed by atoms with E-state index in [1.165, 1.54) is 41.1 Å². The van der Waals surface area contributed by atoms with E-state index in [0.29, 0.717) is 17.3 Å². The molecule has 32 heavy (non-hydrogen) atoms. The van der Waals surface area contributed by atoms with Gasteiger partial charge in [-0.2, -0.15) is 18.2 Å². The van der Waals surface area contributed by atoms with Crippen LogP contribution in [0.25, 0.3) is 0 Å². The Hall–Kier alpha value is -3.69. The number of anilines is 4. The predicted molar refractivity (Wildman–Crippen MR) is 117 cm³/mol. The average molecular weight is 445 g/mol.